The van der Waals surface area contributed by atoms with Crippen LogP contribution in [0.25, 0.3) is 0 Å². The quantitative estimate of drug-likeness (QED) is 0.367. The molecule has 5 nitrogen and oxygen atoms in total. The van der Waals surface area contributed by atoms with Crippen molar-refractivity contribution in [3.8, 4) is 11.5 Å². The summed E-state index contributed by atoms with van der Waals surface area (Å²) in [4.78, 5) is 13.9. The number of anilines is 1. The first-order valence-corrected chi connectivity index (χ1v) is 13.6. The Kier molecular flexibility index (Phi) is 8.48. The number of rotatable bonds is 11. The predicted molar refractivity (Wildman–Crippen MR) is 145 cm³/mol. The van der Waals surface area contributed by atoms with Crippen molar-refractivity contribution in [1.82, 2.24) is 0 Å². The molecular weight excluding hydrogens is 450 g/mol. The largest absolute Gasteiger partial charge is 0.497 e. The molecule has 1 saturated carbocycles. The first-order valence-electron chi connectivity index (χ1n) is 13.6. The third-order valence-electron chi connectivity index (χ3n) is 7.75. The van der Waals surface area contributed by atoms with Gasteiger partial charge in [-0.15, -0.1) is 0 Å². The molecule has 36 heavy (non-hydrogen) atoms. The lowest BCUT2D eigenvalue weighted by atomic mass is 9.88. The van der Waals surface area contributed by atoms with Crippen molar-refractivity contribution < 1.29 is 19.4 Å². The lowest BCUT2D eigenvalue weighted by Crippen LogP contribution is -2.36. The van der Waals surface area contributed by atoms with E-state index in [0.717, 1.165) is 68.7 Å². The van der Waals surface area contributed by atoms with Crippen molar-refractivity contribution >= 4 is 11.7 Å². The first-order chi connectivity index (χ1) is 17.2. The molecule has 0 aromatic heterocycles. The standard InChI is InChI=1S/C31H43NO4/c1-31(2,3)15-12-24-10-11-26(35-4)19-29(24)32-16-13-22(14-17-32)21-36-27-7-5-6-25(18-27)28(20-30(33)34)23-8-9-23/h5-7,10-11,18-19,22-23,28H,8-9,12-17,20-21H2,1-4H3,(H,33,34). The number of ether oxygens (including phenoxy) is 2. The summed E-state index contributed by atoms with van der Waals surface area (Å²) in [5.41, 5.74) is 4.14. The molecule has 0 bridgehead atoms. The van der Waals surface area contributed by atoms with Crippen LogP contribution in [-0.2, 0) is 11.2 Å². The molecule has 1 unspecified atom stereocenters. The van der Waals surface area contributed by atoms with Gasteiger partial charge in [-0.2, -0.15) is 0 Å². The van der Waals surface area contributed by atoms with Gasteiger partial charge in [-0.25, -0.2) is 0 Å². The topological polar surface area (TPSA) is 59.0 Å². The summed E-state index contributed by atoms with van der Waals surface area (Å²) >= 11 is 0. The molecule has 1 aliphatic heterocycles. The lowest BCUT2D eigenvalue weighted by molar-refractivity contribution is -0.137. The molecule has 1 aliphatic carbocycles. The molecular formula is C31H43NO4. The maximum atomic E-state index is 11.4. The van der Waals surface area contributed by atoms with Gasteiger partial charge in [0, 0.05) is 24.8 Å². The Labute approximate surface area is 216 Å². The molecule has 1 heterocycles. The molecule has 196 valence electrons. The van der Waals surface area contributed by atoms with E-state index in [1.54, 1.807) is 7.11 Å². The number of aliphatic carboxylic acids is 1. The number of benzene rings is 2. The van der Waals surface area contributed by atoms with Gasteiger partial charge in [0.05, 0.1) is 20.1 Å². The average Bonchev–Trinajstić information content (AvgIpc) is 3.70. The highest BCUT2D eigenvalue weighted by Crippen LogP contribution is 2.45. The molecule has 0 amide bonds. The monoisotopic (exact) mass is 493 g/mol. The Balaban J connectivity index is 1.33. The number of carboxylic acid groups (broad SMARTS) is 1. The number of methoxy groups -OCH3 is 1. The Bertz CT molecular complexity index is 1020. The van der Waals surface area contributed by atoms with Crippen LogP contribution in [0.2, 0.25) is 0 Å². The first kappa shape index (κ1) is 26.4. The van der Waals surface area contributed by atoms with E-state index in [4.69, 9.17) is 9.47 Å². The van der Waals surface area contributed by atoms with Gasteiger partial charge in [-0.1, -0.05) is 39.0 Å². The number of hydrogen-bond donors (Lipinski definition) is 1. The summed E-state index contributed by atoms with van der Waals surface area (Å²) in [6.07, 6.45) is 6.89. The molecule has 2 aromatic carbocycles. The van der Waals surface area contributed by atoms with E-state index in [2.05, 4.69) is 56.0 Å². The van der Waals surface area contributed by atoms with E-state index >= 15 is 0 Å². The second-order valence-corrected chi connectivity index (χ2v) is 11.9. The number of hydrogen-bond acceptors (Lipinski definition) is 4. The van der Waals surface area contributed by atoms with E-state index < -0.39 is 5.97 Å². The van der Waals surface area contributed by atoms with Crippen LogP contribution in [-0.4, -0.2) is 37.9 Å². The van der Waals surface area contributed by atoms with Crippen LogP contribution in [0, 0.1) is 17.3 Å². The number of aryl methyl sites for hydroxylation is 1. The summed E-state index contributed by atoms with van der Waals surface area (Å²) in [5, 5.41) is 9.34. The molecule has 4 rings (SSSR count). The van der Waals surface area contributed by atoms with Gasteiger partial charge in [0.2, 0.25) is 0 Å². The van der Waals surface area contributed by atoms with Gasteiger partial charge < -0.3 is 19.5 Å². The van der Waals surface area contributed by atoms with E-state index in [0.29, 0.717) is 23.9 Å². The van der Waals surface area contributed by atoms with E-state index in [9.17, 15) is 9.90 Å². The Morgan fingerprint density at radius 1 is 1.06 bits per heavy atom. The third-order valence-corrected chi connectivity index (χ3v) is 7.75. The molecule has 0 radical (unpaired) electrons. The van der Waals surface area contributed by atoms with Gasteiger partial charge in [-0.3, -0.25) is 4.79 Å². The van der Waals surface area contributed by atoms with Gasteiger partial charge in [0.15, 0.2) is 0 Å². The second-order valence-electron chi connectivity index (χ2n) is 11.9. The molecule has 1 atom stereocenters. The molecule has 0 spiro atoms. The van der Waals surface area contributed by atoms with Crippen molar-refractivity contribution in [3.63, 3.8) is 0 Å². The minimum Gasteiger partial charge on any atom is -0.497 e. The van der Waals surface area contributed by atoms with Crippen molar-refractivity contribution in [2.45, 2.75) is 71.6 Å². The van der Waals surface area contributed by atoms with E-state index in [1.165, 1.54) is 11.3 Å². The Morgan fingerprint density at radius 2 is 1.81 bits per heavy atom. The van der Waals surface area contributed by atoms with E-state index in [1.807, 2.05) is 12.1 Å². The highest BCUT2D eigenvalue weighted by atomic mass is 16.5. The summed E-state index contributed by atoms with van der Waals surface area (Å²) in [5.74, 6) is 2.19. The smallest absolute Gasteiger partial charge is 0.303 e. The highest BCUT2D eigenvalue weighted by Gasteiger charge is 2.34. The van der Waals surface area contributed by atoms with Crippen LogP contribution >= 0.6 is 0 Å². The van der Waals surface area contributed by atoms with Crippen molar-refractivity contribution in [2.24, 2.45) is 17.3 Å². The number of piperidine rings is 1. The number of carbonyl (C=O) groups is 1. The number of nitrogens with zero attached hydrogens (tertiary/aromatic N) is 1. The zero-order valence-corrected chi connectivity index (χ0v) is 22.5. The normalized spacial score (nSPS) is 17.6. The highest BCUT2D eigenvalue weighted by molar-refractivity contribution is 5.68. The fraction of sp³-hybridized carbons (Fsp3) is 0.581. The van der Waals surface area contributed by atoms with Crippen molar-refractivity contribution in [2.75, 3.05) is 31.7 Å². The molecule has 1 saturated heterocycles. The lowest BCUT2D eigenvalue weighted by Gasteiger charge is -2.35. The molecule has 2 aliphatic rings. The summed E-state index contributed by atoms with van der Waals surface area (Å²) in [7, 11) is 1.74. The van der Waals surface area contributed by atoms with Crippen LogP contribution in [0.15, 0.2) is 42.5 Å². The van der Waals surface area contributed by atoms with Crippen LogP contribution < -0.4 is 14.4 Å². The Morgan fingerprint density at radius 3 is 2.44 bits per heavy atom. The minimum absolute atomic E-state index is 0.102. The summed E-state index contributed by atoms with van der Waals surface area (Å²) in [6.45, 7) is 9.65. The molecule has 2 fully saturated rings. The summed E-state index contributed by atoms with van der Waals surface area (Å²) in [6, 6.07) is 14.7. The molecule has 1 N–H and O–H groups in total. The zero-order chi connectivity index (χ0) is 25.7. The minimum atomic E-state index is -0.720. The third kappa shape index (κ3) is 7.41. The summed E-state index contributed by atoms with van der Waals surface area (Å²) < 4.78 is 11.8. The van der Waals surface area contributed by atoms with Crippen LogP contribution in [0.3, 0.4) is 0 Å². The van der Waals surface area contributed by atoms with Crippen molar-refractivity contribution in [1.29, 1.82) is 0 Å². The number of carboxylic acids is 1. The van der Waals surface area contributed by atoms with Crippen LogP contribution in [0.4, 0.5) is 5.69 Å². The maximum absolute atomic E-state index is 11.4. The molecule has 2 aromatic rings. The average molecular weight is 494 g/mol. The second kappa shape index (κ2) is 11.6. The fourth-order valence-electron chi connectivity index (χ4n) is 5.32. The fourth-order valence-corrected chi connectivity index (χ4v) is 5.32. The SMILES string of the molecule is COc1ccc(CCC(C)(C)C)c(N2CCC(COc3cccc(C(CC(=O)O)C4CC4)c3)CC2)c1. The van der Waals surface area contributed by atoms with Gasteiger partial charge in [0.1, 0.15) is 11.5 Å². The molecule has 5 heteroatoms. The van der Waals surface area contributed by atoms with Gasteiger partial charge >= 0.3 is 5.97 Å². The Hall–Kier alpha value is -2.69. The predicted octanol–water partition coefficient (Wildman–Crippen LogP) is 6.94. The van der Waals surface area contributed by atoms with Crippen LogP contribution in [0.1, 0.15) is 76.3 Å². The maximum Gasteiger partial charge on any atom is 0.303 e. The van der Waals surface area contributed by atoms with Crippen LogP contribution in [0.5, 0.6) is 11.5 Å². The van der Waals surface area contributed by atoms with Gasteiger partial charge in [-0.05, 0) is 91.0 Å². The van der Waals surface area contributed by atoms with E-state index in [-0.39, 0.29) is 12.3 Å². The zero-order valence-electron chi connectivity index (χ0n) is 22.5. The van der Waals surface area contributed by atoms with Crippen molar-refractivity contribution in [3.05, 3.63) is 53.6 Å². The van der Waals surface area contributed by atoms with Gasteiger partial charge in [0.25, 0.3) is 0 Å².